The van der Waals surface area contributed by atoms with Gasteiger partial charge in [-0.1, -0.05) is 0 Å². The van der Waals surface area contributed by atoms with Crippen LogP contribution in [0.5, 0.6) is 0 Å². The van der Waals surface area contributed by atoms with Crippen LogP contribution in [-0.4, -0.2) is 24.6 Å². The smallest absolute Gasteiger partial charge is 0.341 e. The number of hydrogen-bond donors (Lipinski definition) is 5. The molecule has 76 valence electrons. The highest BCUT2D eigenvalue weighted by Crippen LogP contribution is 1.89. The molecule has 0 radical (unpaired) electrons. The van der Waals surface area contributed by atoms with E-state index in [1.54, 1.807) is 0 Å². The van der Waals surface area contributed by atoms with E-state index in [9.17, 15) is 4.79 Å². The Labute approximate surface area is 74.8 Å². The second-order valence-corrected chi connectivity index (χ2v) is 2.20. The molecule has 0 saturated carbocycles. The van der Waals surface area contributed by atoms with Crippen LogP contribution in [0.15, 0.2) is 0 Å². The molecule has 0 aromatic heterocycles. The molecule has 0 aliphatic carbocycles. The van der Waals surface area contributed by atoms with Gasteiger partial charge in [0.2, 0.25) is 5.96 Å². The standard InChI is InChI=1S/C5H13N5O3/c6-3(4(11)13-9)1-2-12-10-5(7)8/h3H,1-2,6,9H2,(H4,7,8,10)/t3-/m0/s1. The van der Waals surface area contributed by atoms with Gasteiger partial charge in [0.25, 0.3) is 0 Å². The third kappa shape index (κ3) is 5.84. The van der Waals surface area contributed by atoms with Crippen molar-refractivity contribution in [3.8, 4) is 0 Å². The fourth-order valence-corrected chi connectivity index (χ4v) is 0.520. The summed E-state index contributed by atoms with van der Waals surface area (Å²) in [5.41, 5.74) is 12.3. The molecule has 0 aromatic rings. The zero-order valence-electron chi connectivity index (χ0n) is 6.95. The van der Waals surface area contributed by atoms with E-state index in [-0.39, 0.29) is 19.0 Å². The van der Waals surface area contributed by atoms with Crippen molar-refractivity contribution in [2.24, 2.45) is 17.4 Å². The molecular weight excluding hydrogens is 178 g/mol. The third-order valence-electron chi connectivity index (χ3n) is 1.13. The first-order valence-corrected chi connectivity index (χ1v) is 3.46. The van der Waals surface area contributed by atoms with E-state index in [0.29, 0.717) is 0 Å². The number of nitrogens with two attached hydrogens (primary N) is 3. The van der Waals surface area contributed by atoms with E-state index in [1.807, 2.05) is 0 Å². The first-order chi connectivity index (χ1) is 6.07. The lowest BCUT2D eigenvalue weighted by molar-refractivity contribution is -0.146. The van der Waals surface area contributed by atoms with Crippen LogP contribution in [0.25, 0.3) is 0 Å². The second-order valence-electron chi connectivity index (χ2n) is 2.20. The molecule has 0 saturated heterocycles. The molecule has 0 unspecified atom stereocenters. The van der Waals surface area contributed by atoms with Crippen molar-refractivity contribution in [2.45, 2.75) is 12.5 Å². The van der Waals surface area contributed by atoms with Crippen molar-refractivity contribution in [3.63, 3.8) is 0 Å². The lowest BCUT2D eigenvalue weighted by Gasteiger charge is -2.08. The summed E-state index contributed by atoms with van der Waals surface area (Å²) in [6.07, 6.45) is 0.219. The fraction of sp³-hybridized carbons (Fsp3) is 0.600. The van der Waals surface area contributed by atoms with E-state index in [4.69, 9.17) is 16.9 Å². The Hall–Kier alpha value is -1.38. The maximum absolute atomic E-state index is 10.6. The quantitative estimate of drug-likeness (QED) is 0.140. The van der Waals surface area contributed by atoms with E-state index in [0.717, 1.165) is 0 Å². The number of rotatable bonds is 5. The number of guanidine groups is 1. The molecule has 0 spiro atoms. The molecule has 0 aromatic carbocycles. The zero-order valence-corrected chi connectivity index (χ0v) is 6.95. The summed E-state index contributed by atoms with van der Waals surface area (Å²) >= 11 is 0. The molecule has 1 atom stereocenters. The van der Waals surface area contributed by atoms with Gasteiger partial charge < -0.3 is 16.3 Å². The molecule has 0 rings (SSSR count). The van der Waals surface area contributed by atoms with Crippen LogP contribution < -0.4 is 22.8 Å². The largest absolute Gasteiger partial charge is 0.372 e. The third-order valence-corrected chi connectivity index (χ3v) is 1.13. The van der Waals surface area contributed by atoms with Gasteiger partial charge in [-0.25, -0.2) is 10.3 Å². The van der Waals surface area contributed by atoms with Crippen LogP contribution in [0.3, 0.4) is 0 Å². The van der Waals surface area contributed by atoms with Gasteiger partial charge in [0.1, 0.15) is 6.04 Å². The van der Waals surface area contributed by atoms with Crippen LogP contribution in [0.4, 0.5) is 0 Å². The molecule has 0 bridgehead atoms. The summed E-state index contributed by atoms with van der Waals surface area (Å²) in [5, 5.41) is 6.70. The molecule has 0 heterocycles. The van der Waals surface area contributed by atoms with Crippen molar-refractivity contribution in [2.75, 3.05) is 6.61 Å². The summed E-state index contributed by atoms with van der Waals surface area (Å²) in [7, 11) is 0. The van der Waals surface area contributed by atoms with Crippen molar-refractivity contribution in [1.82, 2.24) is 5.48 Å². The lowest BCUT2D eigenvalue weighted by Crippen LogP contribution is -2.37. The van der Waals surface area contributed by atoms with Gasteiger partial charge in [0.15, 0.2) is 0 Å². The lowest BCUT2D eigenvalue weighted by atomic mass is 10.2. The molecule has 8 nitrogen and oxygen atoms in total. The fourth-order valence-electron chi connectivity index (χ4n) is 0.520. The molecule has 8 heteroatoms. The van der Waals surface area contributed by atoms with E-state index < -0.39 is 12.0 Å². The second kappa shape index (κ2) is 6.17. The van der Waals surface area contributed by atoms with Crippen LogP contribution in [0.2, 0.25) is 0 Å². The number of hydroxylamine groups is 1. The van der Waals surface area contributed by atoms with E-state index in [1.165, 1.54) is 0 Å². The van der Waals surface area contributed by atoms with Gasteiger partial charge in [-0.15, -0.1) is 0 Å². The Balaban J connectivity index is 3.42. The highest BCUT2D eigenvalue weighted by molar-refractivity contribution is 5.75. The minimum absolute atomic E-state index is 0.121. The Morgan fingerprint density at radius 1 is 1.62 bits per heavy atom. The predicted molar refractivity (Wildman–Crippen MR) is 43.9 cm³/mol. The monoisotopic (exact) mass is 191 g/mol. The van der Waals surface area contributed by atoms with Gasteiger partial charge in [-0.3, -0.25) is 10.2 Å². The topological polar surface area (TPSA) is 149 Å². The predicted octanol–water partition coefficient (Wildman–Crippen LogP) is -2.46. The Morgan fingerprint density at radius 3 is 2.69 bits per heavy atom. The summed E-state index contributed by atoms with van der Waals surface area (Å²) < 4.78 is 0. The van der Waals surface area contributed by atoms with Gasteiger partial charge in [0.05, 0.1) is 6.61 Å². The number of hydrogen-bond acceptors (Lipinski definition) is 6. The summed E-state index contributed by atoms with van der Waals surface area (Å²) in [4.78, 5) is 19.1. The number of carbonyl (C=O) groups is 1. The molecule has 13 heavy (non-hydrogen) atoms. The molecule has 0 aliphatic rings. The maximum atomic E-state index is 10.6. The number of nitrogens with one attached hydrogen (secondary N) is 2. The first kappa shape index (κ1) is 11.6. The Kier molecular flexibility index (Phi) is 5.52. The van der Waals surface area contributed by atoms with Crippen LogP contribution in [0.1, 0.15) is 6.42 Å². The minimum atomic E-state index is -0.834. The molecular formula is C5H13N5O3. The Bertz CT molecular complexity index is 185. The first-order valence-electron chi connectivity index (χ1n) is 3.46. The van der Waals surface area contributed by atoms with Gasteiger partial charge in [-0.05, 0) is 6.42 Å². The molecule has 0 amide bonds. The van der Waals surface area contributed by atoms with Crippen LogP contribution >= 0.6 is 0 Å². The van der Waals surface area contributed by atoms with Gasteiger partial charge in [-0.2, -0.15) is 5.90 Å². The molecule has 0 aliphatic heterocycles. The van der Waals surface area contributed by atoms with Crippen molar-refractivity contribution < 1.29 is 14.5 Å². The van der Waals surface area contributed by atoms with Crippen molar-refractivity contribution in [1.29, 1.82) is 5.41 Å². The van der Waals surface area contributed by atoms with E-state index in [2.05, 4.69) is 21.1 Å². The highest BCUT2D eigenvalue weighted by Gasteiger charge is 2.13. The zero-order chi connectivity index (χ0) is 10.3. The maximum Gasteiger partial charge on any atom is 0.341 e. The molecule has 8 N–H and O–H groups in total. The van der Waals surface area contributed by atoms with Crippen LogP contribution in [-0.2, 0) is 14.5 Å². The summed E-state index contributed by atoms with van der Waals surface area (Å²) in [6, 6.07) is -0.834. The normalized spacial score (nSPS) is 11.8. The minimum Gasteiger partial charge on any atom is -0.372 e. The van der Waals surface area contributed by atoms with E-state index >= 15 is 0 Å². The highest BCUT2D eigenvalue weighted by atomic mass is 16.7. The summed E-state index contributed by atoms with van der Waals surface area (Å²) in [5.74, 6) is 3.54. The van der Waals surface area contributed by atoms with Gasteiger partial charge in [0, 0.05) is 0 Å². The Morgan fingerprint density at radius 2 is 2.23 bits per heavy atom. The SMILES string of the molecule is N=C(N)NOCC[C@H](N)C(=O)ON. The average Bonchev–Trinajstić information content (AvgIpc) is 2.10. The summed E-state index contributed by atoms with van der Waals surface area (Å²) in [6.45, 7) is 0.121. The number of carbonyl (C=O) groups excluding carboxylic acids is 1. The van der Waals surface area contributed by atoms with Gasteiger partial charge >= 0.3 is 5.97 Å². The van der Waals surface area contributed by atoms with Crippen molar-refractivity contribution in [3.05, 3.63) is 0 Å². The van der Waals surface area contributed by atoms with Crippen molar-refractivity contribution >= 4 is 11.9 Å². The average molecular weight is 191 g/mol. The molecule has 0 fully saturated rings. The van der Waals surface area contributed by atoms with Crippen LogP contribution in [0, 0.1) is 5.41 Å².